The zero-order valence-electron chi connectivity index (χ0n) is 41.6. The van der Waals surface area contributed by atoms with Crippen LogP contribution >= 0.6 is 35.7 Å². The molecule has 4 rings (SSSR count). The number of rotatable bonds is 28. The second-order valence-corrected chi connectivity index (χ2v) is 20.6. The summed E-state index contributed by atoms with van der Waals surface area (Å²) in [6.07, 6.45) is 3.20. The number of piperazine rings is 1. The van der Waals surface area contributed by atoms with Gasteiger partial charge in [0.25, 0.3) is 5.91 Å². The number of carbonyl (C=O) groups excluding carboxylic acids is 7. The van der Waals surface area contributed by atoms with Crippen LogP contribution in [0.3, 0.4) is 0 Å². The Bertz CT molecular complexity index is 2140. The molecule has 5 N–H and O–H groups in total. The zero-order valence-corrected chi connectivity index (χ0v) is 44.1. The molecule has 0 aliphatic carbocycles. The van der Waals surface area contributed by atoms with Crippen molar-refractivity contribution in [1.82, 2.24) is 35.6 Å². The number of nitrogens with zero attached hydrogens (tertiary/aromatic N) is 4. The summed E-state index contributed by atoms with van der Waals surface area (Å²) < 4.78 is 5.78. The minimum atomic E-state index is -1.15. The van der Waals surface area contributed by atoms with Crippen molar-refractivity contribution in [2.45, 2.75) is 128 Å². The Morgan fingerprint density at radius 3 is 2.10 bits per heavy atom. The number of hydrogen-bond donors (Lipinski definition) is 5. The Morgan fingerprint density at radius 1 is 0.857 bits per heavy atom. The van der Waals surface area contributed by atoms with Crippen molar-refractivity contribution in [3.05, 3.63) is 82.3 Å². The maximum atomic E-state index is 14.5. The molecule has 0 saturated carbocycles. The van der Waals surface area contributed by atoms with E-state index in [-0.39, 0.29) is 66.3 Å². The lowest BCUT2D eigenvalue weighted by atomic mass is 9.95. The van der Waals surface area contributed by atoms with E-state index in [0.717, 1.165) is 28.2 Å². The Labute approximate surface area is 427 Å². The molecule has 0 spiro atoms. The standard InChI is InChI=1S/C51H74N8O8S3/c1-7-35(4)29-46(62)57(6)43(34(2)3)31-44(67-36(5)60)50-56-42(33-70-50)49(65)55-41(32-69-38-19-12-9-13-20-38)48(64)53-39(21-14-15-23-52)47(63)54-40(30-37-17-10-8-11-18-37)51(66)59-26-24-58(25-27-59)45(61)22-16-28-68/h8-13,17-20,33-35,39-41,43-44,68H,7,14-16,21-32,52H2,1-6H3,(H,53,64)(H,54,63)(H,55,65)/t35-,39+,40-,41-,43+,44+/m0/s1. The number of carbonyl (C=O) groups is 7. The summed E-state index contributed by atoms with van der Waals surface area (Å²) >= 11 is 6.71. The SMILES string of the molecule is CC[C@H](C)CC(=O)N(C)[C@H](C[C@@H](OC(C)=O)c1nc(C(=O)N[C@@H](CSc2ccccc2)C(=O)N[C@H](CCCCN)C(=O)N[C@@H](Cc2ccccc2)C(=O)N2CCN(C(=O)CCCS)CC2)cs1)C(C)C. The summed E-state index contributed by atoms with van der Waals surface area (Å²) in [6.45, 7) is 11.1. The molecule has 6 atom stereocenters. The number of thiazole rings is 1. The van der Waals surface area contributed by atoms with E-state index in [0.29, 0.717) is 75.6 Å². The molecule has 1 saturated heterocycles. The first-order valence-corrected chi connectivity index (χ1v) is 26.9. The van der Waals surface area contributed by atoms with Crippen LogP contribution in [-0.4, -0.2) is 137 Å². The van der Waals surface area contributed by atoms with Gasteiger partial charge in [0.2, 0.25) is 29.5 Å². The van der Waals surface area contributed by atoms with Crippen LogP contribution in [0.4, 0.5) is 0 Å². The third-order valence-electron chi connectivity index (χ3n) is 12.4. The fourth-order valence-corrected chi connectivity index (χ4v) is 10.0. The highest BCUT2D eigenvalue weighted by atomic mass is 32.2. The molecule has 0 unspecified atom stereocenters. The van der Waals surface area contributed by atoms with E-state index in [4.69, 9.17) is 10.5 Å². The van der Waals surface area contributed by atoms with Crippen molar-refractivity contribution >= 4 is 77.1 Å². The summed E-state index contributed by atoms with van der Waals surface area (Å²) in [5.74, 6) is -1.73. The van der Waals surface area contributed by atoms with Crippen molar-refractivity contribution in [1.29, 1.82) is 0 Å². The van der Waals surface area contributed by atoms with E-state index in [2.05, 4.69) is 33.6 Å². The fraction of sp³-hybridized carbons (Fsp3) is 0.569. The topological polar surface area (TPSA) is 213 Å². The Hall–Kier alpha value is -4.98. The molecule has 1 fully saturated rings. The van der Waals surface area contributed by atoms with E-state index in [1.165, 1.54) is 24.1 Å². The van der Waals surface area contributed by atoms with Crippen LogP contribution in [-0.2, 0) is 39.9 Å². The Kier molecular flexibility index (Phi) is 24.7. The first kappa shape index (κ1) is 57.6. The molecule has 1 aliphatic heterocycles. The number of thioether (sulfide) groups is 1. The molecule has 70 heavy (non-hydrogen) atoms. The van der Waals surface area contributed by atoms with Crippen molar-refractivity contribution in [3.63, 3.8) is 0 Å². The smallest absolute Gasteiger partial charge is 0.303 e. The van der Waals surface area contributed by atoms with Crippen LogP contribution in [0.25, 0.3) is 0 Å². The Balaban J connectivity index is 1.57. The second kappa shape index (κ2) is 30.0. The summed E-state index contributed by atoms with van der Waals surface area (Å²) in [6, 6.07) is 15.2. The molecule has 1 aromatic heterocycles. The molecule has 6 amide bonds. The van der Waals surface area contributed by atoms with Gasteiger partial charge >= 0.3 is 5.97 Å². The van der Waals surface area contributed by atoms with E-state index in [1.54, 1.807) is 21.7 Å². The summed E-state index contributed by atoms with van der Waals surface area (Å²) in [5, 5.41) is 10.6. The minimum Gasteiger partial charge on any atom is -0.455 e. The van der Waals surface area contributed by atoms with Crippen LogP contribution in [0.5, 0.6) is 0 Å². The highest BCUT2D eigenvalue weighted by molar-refractivity contribution is 7.99. The van der Waals surface area contributed by atoms with Crippen molar-refractivity contribution in [3.8, 4) is 0 Å². The lowest BCUT2D eigenvalue weighted by Gasteiger charge is -2.37. The summed E-state index contributed by atoms with van der Waals surface area (Å²) in [5.41, 5.74) is 6.68. The van der Waals surface area contributed by atoms with Crippen molar-refractivity contribution in [2.24, 2.45) is 17.6 Å². The third kappa shape index (κ3) is 18.6. The van der Waals surface area contributed by atoms with Gasteiger partial charge in [0.05, 0.1) is 0 Å². The van der Waals surface area contributed by atoms with Gasteiger partial charge in [0.1, 0.15) is 28.8 Å². The first-order chi connectivity index (χ1) is 33.5. The lowest BCUT2D eigenvalue weighted by Crippen LogP contribution is -2.59. The van der Waals surface area contributed by atoms with Gasteiger partial charge in [-0.1, -0.05) is 82.6 Å². The molecule has 0 radical (unpaired) electrons. The maximum absolute atomic E-state index is 14.5. The summed E-state index contributed by atoms with van der Waals surface area (Å²) in [4.78, 5) is 106. The molecule has 384 valence electrons. The van der Waals surface area contributed by atoms with E-state index in [9.17, 15) is 33.6 Å². The predicted molar refractivity (Wildman–Crippen MR) is 278 cm³/mol. The Morgan fingerprint density at radius 2 is 1.49 bits per heavy atom. The number of benzene rings is 2. The number of thiol groups is 1. The van der Waals surface area contributed by atoms with Gasteiger partial charge in [-0.15, -0.1) is 23.1 Å². The van der Waals surface area contributed by atoms with Crippen LogP contribution < -0.4 is 21.7 Å². The largest absolute Gasteiger partial charge is 0.455 e. The number of aromatic nitrogens is 1. The molecule has 2 aromatic carbocycles. The van der Waals surface area contributed by atoms with Gasteiger partial charge in [-0.25, -0.2) is 4.98 Å². The number of unbranched alkanes of at least 4 members (excludes halogenated alkanes) is 1. The lowest BCUT2D eigenvalue weighted by molar-refractivity contribution is -0.148. The normalized spacial score (nSPS) is 15.2. The van der Waals surface area contributed by atoms with Crippen LogP contribution in [0.1, 0.15) is 113 Å². The van der Waals surface area contributed by atoms with Gasteiger partial charge in [0.15, 0.2) is 6.10 Å². The van der Waals surface area contributed by atoms with Crippen LogP contribution in [0.2, 0.25) is 0 Å². The van der Waals surface area contributed by atoms with Gasteiger partial charge in [0, 0.05) is 87.9 Å². The molecular weight excluding hydrogens is 949 g/mol. The highest BCUT2D eigenvalue weighted by Crippen LogP contribution is 2.31. The monoisotopic (exact) mass is 1020 g/mol. The number of nitrogens with two attached hydrogens (primary N) is 1. The van der Waals surface area contributed by atoms with E-state index >= 15 is 0 Å². The molecular formula is C51H74N8O8S3. The van der Waals surface area contributed by atoms with E-state index in [1.807, 2.05) is 88.4 Å². The summed E-state index contributed by atoms with van der Waals surface area (Å²) in [7, 11) is 1.76. The molecule has 0 bridgehead atoms. The number of esters is 1. The predicted octanol–water partition coefficient (Wildman–Crippen LogP) is 5.67. The molecule has 3 aromatic rings. The maximum Gasteiger partial charge on any atom is 0.303 e. The van der Waals surface area contributed by atoms with Gasteiger partial charge in [-0.05, 0) is 67.5 Å². The third-order valence-corrected chi connectivity index (χ3v) is 14.8. The highest BCUT2D eigenvalue weighted by Gasteiger charge is 2.35. The quantitative estimate of drug-likeness (QED) is 0.0259. The number of nitrogens with one attached hydrogen (secondary N) is 3. The second-order valence-electron chi connectivity index (χ2n) is 18.2. The van der Waals surface area contributed by atoms with Crippen LogP contribution in [0, 0.1) is 11.8 Å². The van der Waals surface area contributed by atoms with Gasteiger partial charge in [-0.2, -0.15) is 12.6 Å². The van der Waals surface area contributed by atoms with Gasteiger partial charge < -0.3 is 41.1 Å². The van der Waals surface area contributed by atoms with E-state index < -0.39 is 47.9 Å². The van der Waals surface area contributed by atoms with Gasteiger partial charge in [-0.3, -0.25) is 33.6 Å². The zero-order chi connectivity index (χ0) is 51.2. The van der Waals surface area contributed by atoms with Crippen LogP contribution in [0.15, 0.2) is 70.9 Å². The molecule has 16 nitrogen and oxygen atoms in total. The average Bonchev–Trinajstić information content (AvgIpc) is 3.86. The number of hydrogen-bond acceptors (Lipinski definition) is 13. The molecule has 2 heterocycles. The first-order valence-electron chi connectivity index (χ1n) is 24.4. The number of ether oxygens (including phenoxy) is 1. The molecule has 19 heteroatoms. The van der Waals surface area contributed by atoms with Crippen molar-refractivity contribution < 1.29 is 38.3 Å². The minimum absolute atomic E-state index is 0.00401. The van der Waals surface area contributed by atoms with Crippen molar-refractivity contribution in [2.75, 3.05) is 51.3 Å². The number of amides is 6. The average molecular weight is 1020 g/mol. The molecule has 1 aliphatic rings. The fourth-order valence-electron chi connectivity index (χ4n) is 8.06.